The molecule has 1 aliphatic carbocycles. The van der Waals surface area contributed by atoms with E-state index in [2.05, 4.69) is 16.6 Å². The standard InChI is InChI=1S/C18H23F4NO/c1-11(2)12(3)15(10-23-9-13-4-5-13)14-6-7-17(16(19)8-14)24-18(20,21)22/h6-8,11,13,15,23H,3-5,9-10H2,1-2H3/t15-/m0/s1. The predicted octanol–water partition coefficient (Wildman–Crippen LogP) is 5.02. The second-order valence-corrected chi connectivity index (χ2v) is 6.62. The van der Waals surface area contributed by atoms with Crippen molar-refractivity contribution < 1.29 is 22.3 Å². The molecule has 6 heteroatoms. The third kappa shape index (κ3) is 5.51. The highest BCUT2D eigenvalue weighted by Gasteiger charge is 2.32. The van der Waals surface area contributed by atoms with Gasteiger partial charge in [0.15, 0.2) is 11.6 Å². The molecule has 0 unspecified atom stereocenters. The predicted molar refractivity (Wildman–Crippen MR) is 85.4 cm³/mol. The molecule has 1 aromatic carbocycles. The molecule has 0 heterocycles. The Kier molecular flexibility index (Phi) is 5.91. The molecule has 1 atom stereocenters. The van der Waals surface area contributed by atoms with Gasteiger partial charge in [-0.1, -0.05) is 32.1 Å². The fourth-order valence-corrected chi connectivity index (χ4v) is 2.56. The summed E-state index contributed by atoms with van der Waals surface area (Å²) in [4.78, 5) is 0. The Morgan fingerprint density at radius 1 is 1.33 bits per heavy atom. The van der Waals surface area contributed by atoms with Crippen molar-refractivity contribution in [3.05, 3.63) is 41.7 Å². The zero-order valence-electron chi connectivity index (χ0n) is 13.9. The first kappa shape index (κ1) is 18.8. The lowest BCUT2D eigenvalue weighted by Gasteiger charge is -2.24. The minimum Gasteiger partial charge on any atom is -0.403 e. The lowest BCUT2D eigenvalue weighted by molar-refractivity contribution is -0.275. The molecule has 0 aliphatic heterocycles. The van der Waals surface area contributed by atoms with E-state index < -0.39 is 17.9 Å². The first-order valence-electron chi connectivity index (χ1n) is 8.12. The van der Waals surface area contributed by atoms with Crippen LogP contribution in [-0.4, -0.2) is 19.5 Å². The highest BCUT2D eigenvalue weighted by molar-refractivity contribution is 5.35. The molecule has 0 bridgehead atoms. The van der Waals surface area contributed by atoms with Gasteiger partial charge in [0.1, 0.15) is 0 Å². The maximum Gasteiger partial charge on any atom is 0.573 e. The molecule has 0 saturated heterocycles. The molecule has 1 N–H and O–H groups in total. The van der Waals surface area contributed by atoms with E-state index in [0.717, 1.165) is 24.3 Å². The summed E-state index contributed by atoms with van der Waals surface area (Å²) in [6, 6.07) is 3.61. The van der Waals surface area contributed by atoms with Gasteiger partial charge in [0.25, 0.3) is 0 Å². The largest absolute Gasteiger partial charge is 0.573 e. The van der Waals surface area contributed by atoms with Crippen molar-refractivity contribution in [2.24, 2.45) is 11.8 Å². The second kappa shape index (κ2) is 7.55. The molecule has 24 heavy (non-hydrogen) atoms. The highest BCUT2D eigenvalue weighted by atomic mass is 19.4. The van der Waals surface area contributed by atoms with E-state index in [4.69, 9.17) is 0 Å². The molecule has 1 saturated carbocycles. The van der Waals surface area contributed by atoms with Crippen molar-refractivity contribution in [2.75, 3.05) is 13.1 Å². The van der Waals surface area contributed by atoms with Crippen LogP contribution in [0.5, 0.6) is 5.75 Å². The molecule has 2 rings (SSSR count). The number of benzene rings is 1. The van der Waals surface area contributed by atoms with Gasteiger partial charge in [0.05, 0.1) is 0 Å². The Bertz CT molecular complexity index is 579. The van der Waals surface area contributed by atoms with Gasteiger partial charge in [0.2, 0.25) is 0 Å². The number of ether oxygens (including phenoxy) is 1. The number of alkyl halides is 3. The molecule has 0 amide bonds. The average molecular weight is 345 g/mol. The lowest BCUT2D eigenvalue weighted by atomic mass is 9.85. The maximum atomic E-state index is 14.0. The van der Waals surface area contributed by atoms with Crippen molar-refractivity contribution in [3.63, 3.8) is 0 Å². The molecule has 0 spiro atoms. The van der Waals surface area contributed by atoms with Crippen molar-refractivity contribution >= 4 is 0 Å². The van der Waals surface area contributed by atoms with Gasteiger partial charge in [0, 0.05) is 12.5 Å². The lowest BCUT2D eigenvalue weighted by Crippen LogP contribution is -2.26. The molecule has 0 aromatic heterocycles. The topological polar surface area (TPSA) is 21.3 Å². The fraction of sp³-hybridized carbons (Fsp3) is 0.556. The van der Waals surface area contributed by atoms with Crippen LogP contribution in [0.25, 0.3) is 0 Å². The summed E-state index contributed by atoms with van der Waals surface area (Å²) in [5.41, 5.74) is 1.52. The third-order valence-corrected chi connectivity index (χ3v) is 4.25. The third-order valence-electron chi connectivity index (χ3n) is 4.25. The van der Waals surface area contributed by atoms with E-state index in [1.54, 1.807) is 0 Å². The zero-order valence-corrected chi connectivity index (χ0v) is 13.9. The van der Waals surface area contributed by atoms with Crippen LogP contribution in [0.1, 0.15) is 38.2 Å². The minimum atomic E-state index is -4.91. The van der Waals surface area contributed by atoms with Crippen molar-refractivity contribution in [1.29, 1.82) is 0 Å². The first-order chi connectivity index (χ1) is 11.2. The molecule has 1 fully saturated rings. The Morgan fingerprint density at radius 3 is 2.50 bits per heavy atom. The molecular formula is C18H23F4NO. The van der Waals surface area contributed by atoms with Gasteiger partial charge < -0.3 is 10.1 Å². The Balaban J connectivity index is 2.14. The van der Waals surface area contributed by atoms with E-state index in [-0.39, 0.29) is 11.8 Å². The summed E-state index contributed by atoms with van der Waals surface area (Å²) < 4.78 is 54.4. The number of rotatable bonds is 8. The van der Waals surface area contributed by atoms with Gasteiger partial charge in [-0.25, -0.2) is 4.39 Å². The van der Waals surface area contributed by atoms with Crippen LogP contribution in [-0.2, 0) is 0 Å². The van der Waals surface area contributed by atoms with Crippen LogP contribution in [0.4, 0.5) is 17.6 Å². The van der Waals surface area contributed by atoms with Crippen molar-refractivity contribution in [3.8, 4) is 5.75 Å². The molecular weight excluding hydrogens is 322 g/mol. The zero-order chi connectivity index (χ0) is 17.9. The van der Waals surface area contributed by atoms with Gasteiger partial charge >= 0.3 is 6.36 Å². The summed E-state index contributed by atoms with van der Waals surface area (Å²) >= 11 is 0. The summed E-state index contributed by atoms with van der Waals surface area (Å²) in [7, 11) is 0. The van der Waals surface area contributed by atoms with Gasteiger partial charge in [-0.05, 0) is 48.9 Å². The number of hydrogen-bond donors (Lipinski definition) is 1. The number of halogens is 4. The van der Waals surface area contributed by atoms with Crippen LogP contribution in [0.3, 0.4) is 0 Å². The van der Waals surface area contributed by atoms with Crippen LogP contribution in [0.15, 0.2) is 30.4 Å². The van der Waals surface area contributed by atoms with E-state index in [1.807, 2.05) is 13.8 Å². The monoisotopic (exact) mass is 345 g/mol. The Morgan fingerprint density at radius 2 is 2.00 bits per heavy atom. The molecule has 1 aliphatic rings. The Labute approximate surface area is 139 Å². The first-order valence-corrected chi connectivity index (χ1v) is 8.12. The summed E-state index contributed by atoms with van der Waals surface area (Å²) in [5.74, 6) is -1.10. The summed E-state index contributed by atoms with van der Waals surface area (Å²) in [6.45, 7) is 9.56. The van der Waals surface area contributed by atoms with Crippen LogP contribution in [0.2, 0.25) is 0 Å². The fourth-order valence-electron chi connectivity index (χ4n) is 2.56. The SMILES string of the molecule is C=C(C(C)C)[C@H](CNCC1CC1)c1ccc(OC(F)(F)F)c(F)c1. The van der Waals surface area contributed by atoms with Crippen LogP contribution >= 0.6 is 0 Å². The van der Waals surface area contributed by atoms with E-state index >= 15 is 0 Å². The van der Waals surface area contributed by atoms with Crippen molar-refractivity contribution in [1.82, 2.24) is 5.32 Å². The molecule has 1 aromatic rings. The van der Waals surface area contributed by atoms with Crippen molar-refractivity contribution in [2.45, 2.75) is 39.0 Å². The maximum absolute atomic E-state index is 14.0. The number of nitrogens with one attached hydrogen (secondary N) is 1. The van der Waals surface area contributed by atoms with Gasteiger partial charge in [-0.2, -0.15) is 0 Å². The quantitative estimate of drug-likeness (QED) is 0.528. The van der Waals surface area contributed by atoms with E-state index in [1.165, 1.54) is 18.9 Å². The van der Waals surface area contributed by atoms with Crippen LogP contribution in [0, 0.1) is 17.7 Å². The normalized spacial score (nSPS) is 16.3. The highest BCUT2D eigenvalue weighted by Crippen LogP contribution is 2.33. The van der Waals surface area contributed by atoms with E-state index in [0.29, 0.717) is 18.0 Å². The Hall–Kier alpha value is -1.56. The molecule has 2 nitrogen and oxygen atoms in total. The number of hydrogen-bond acceptors (Lipinski definition) is 2. The average Bonchev–Trinajstić information content (AvgIpc) is 3.28. The van der Waals surface area contributed by atoms with E-state index in [9.17, 15) is 17.6 Å². The second-order valence-electron chi connectivity index (χ2n) is 6.62. The molecule has 0 radical (unpaired) electrons. The van der Waals surface area contributed by atoms with Crippen LogP contribution < -0.4 is 10.1 Å². The summed E-state index contributed by atoms with van der Waals surface area (Å²) in [6.07, 6.45) is -2.46. The van der Waals surface area contributed by atoms with Gasteiger partial charge in [-0.3, -0.25) is 0 Å². The van der Waals surface area contributed by atoms with Gasteiger partial charge in [-0.15, -0.1) is 13.2 Å². The summed E-state index contributed by atoms with van der Waals surface area (Å²) in [5, 5.41) is 3.36. The molecule has 134 valence electrons. The smallest absolute Gasteiger partial charge is 0.403 e. The minimum absolute atomic E-state index is 0.154.